The molecule has 1 amide bonds. The van der Waals surface area contributed by atoms with Gasteiger partial charge in [0.15, 0.2) is 0 Å². The fourth-order valence-electron chi connectivity index (χ4n) is 1.26. The van der Waals surface area contributed by atoms with Crippen molar-refractivity contribution in [1.82, 2.24) is 0 Å². The average Bonchev–Trinajstić information content (AvgIpc) is 2.32. The Kier molecular flexibility index (Phi) is 4.97. The van der Waals surface area contributed by atoms with E-state index in [-0.39, 0.29) is 11.8 Å². The molecule has 0 fully saturated rings. The van der Waals surface area contributed by atoms with Gasteiger partial charge in [-0.15, -0.1) is 11.6 Å². The lowest BCUT2D eigenvalue weighted by atomic mass is 10.2. The maximum Gasteiger partial charge on any atom is 0.224 e. The molecule has 17 heavy (non-hydrogen) atoms. The molecular weight excluding hydrogens is 238 g/mol. The zero-order chi connectivity index (χ0) is 12.8. The normalized spacial score (nSPS) is 11.4. The minimum absolute atomic E-state index is 0.0604. The lowest BCUT2D eigenvalue weighted by Gasteiger charge is -2.08. The molecule has 0 atom stereocenters. The van der Waals surface area contributed by atoms with Crippen LogP contribution in [0.15, 0.2) is 23.2 Å². The van der Waals surface area contributed by atoms with E-state index in [0.29, 0.717) is 23.6 Å². The van der Waals surface area contributed by atoms with Crippen molar-refractivity contribution in [2.24, 2.45) is 10.7 Å². The van der Waals surface area contributed by atoms with Crippen molar-refractivity contribution in [3.8, 4) is 0 Å². The fraction of sp³-hybridized carbons (Fsp3) is 0.333. The first-order chi connectivity index (χ1) is 8.06. The highest BCUT2D eigenvalue weighted by Crippen LogP contribution is 2.26. The first-order valence-corrected chi connectivity index (χ1v) is 5.89. The van der Waals surface area contributed by atoms with E-state index in [1.54, 1.807) is 6.92 Å². The SMILES string of the molecule is CCC(=O)Nc1ccc(C)cc1N=C(N)CCl. The van der Waals surface area contributed by atoms with Crippen LogP contribution in [0.4, 0.5) is 11.4 Å². The molecule has 0 saturated heterocycles. The second-order valence-corrected chi connectivity index (χ2v) is 3.93. The number of carbonyl (C=O) groups excluding carboxylic acids is 1. The van der Waals surface area contributed by atoms with Crippen LogP contribution >= 0.6 is 11.6 Å². The van der Waals surface area contributed by atoms with Gasteiger partial charge in [-0.3, -0.25) is 4.79 Å². The summed E-state index contributed by atoms with van der Waals surface area (Å²) in [6.07, 6.45) is 0.419. The lowest BCUT2D eigenvalue weighted by molar-refractivity contribution is -0.115. The Morgan fingerprint density at radius 1 is 1.53 bits per heavy atom. The maximum atomic E-state index is 11.4. The summed E-state index contributed by atoms with van der Waals surface area (Å²) >= 11 is 5.58. The van der Waals surface area contributed by atoms with E-state index in [9.17, 15) is 4.79 Å². The van der Waals surface area contributed by atoms with Gasteiger partial charge in [-0.25, -0.2) is 4.99 Å². The number of nitrogens with two attached hydrogens (primary N) is 1. The second-order valence-electron chi connectivity index (χ2n) is 3.66. The van der Waals surface area contributed by atoms with E-state index in [1.165, 1.54) is 0 Å². The summed E-state index contributed by atoms with van der Waals surface area (Å²) < 4.78 is 0. The van der Waals surface area contributed by atoms with Crippen molar-refractivity contribution in [3.05, 3.63) is 23.8 Å². The molecule has 0 aliphatic carbocycles. The van der Waals surface area contributed by atoms with Gasteiger partial charge in [-0.05, 0) is 24.6 Å². The summed E-state index contributed by atoms with van der Waals surface area (Å²) in [6.45, 7) is 3.74. The van der Waals surface area contributed by atoms with Crippen molar-refractivity contribution in [1.29, 1.82) is 0 Å². The molecule has 1 aromatic carbocycles. The van der Waals surface area contributed by atoms with Crippen molar-refractivity contribution in [2.45, 2.75) is 20.3 Å². The van der Waals surface area contributed by atoms with E-state index in [2.05, 4.69) is 10.3 Å². The first-order valence-electron chi connectivity index (χ1n) is 5.36. The van der Waals surface area contributed by atoms with Gasteiger partial charge in [-0.1, -0.05) is 13.0 Å². The highest BCUT2D eigenvalue weighted by molar-refractivity contribution is 6.28. The van der Waals surface area contributed by atoms with E-state index in [0.717, 1.165) is 5.56 Å². The molecule has 0 bridgehead atoms. The molecule has 0 spiro atoms. The number of nitrogens with zero attached hydrogens (tertiary/aromatic N) is 1. The van der Waals surface area contributed by atoms with Gasteiger partial charge < -0.3 is 11.1 Å². The van der Waals surface area contributed by atoms with Crippen molar-refractivity contribution >= 4 is 34.7 Å². The molecule has 0 saturated carbocycles. The molecule has 5 heteroatoms. The Morgan fingerprint density at radius 2 is 2.24 bits per heavy atom. The Morgan fingerprint density at radius 3 is 2.82 bits per heavy atom. The van der Waals surface area contributed by atoms with Crippen LogP contribution < -0.4 is 11.1 Å². The standard InChI is InChI=1S/C12H16ClN3O/c1-3-12(17)16-9-5-4-8(2)6-10(9)15-11(14)7-13/h4-6H,3,7H2,1-2H3,(H2,14,15)(H,16,17). The molecule has 0 heterocycles. The van der Waals surface area contributed by atoms with E-state index >= 15 is 0 Å². The van der Waals surface area contributed by atoms with Gasteiger partial charge in [-0.2, -0.15) is 0 Å². The van der Waals surface area contributed by atoms with Gasteiger partial charge in [0, 0.05) is 6.42 Å². The third-order valence-corrected chi connectivity index (χ3v) is 2.42. The van der Waals surface area contributed by atoms with Gasteiger partial charge in [0.05, 0.1) is 17.3 Å². The zero-order valence-corrected chi connectivity index (χ0v) is 10.7. The number of amides is 1. The number of hydrogen-bond donors (Lipinski definition) is 2. The molecule has 0 aliphatic heterocycles. The average molecular weight is 254 g/mol. The van der Waals surface area contributed by atoms with Crippen LogP contribution in [-0.2, 0) is 4.79 Å². The largest absolute Gasteiger partial charge is 0.386 e. The second kappa shape index (κ2) is 6.25. The molecule has 1 aromatic rings. The van der Waals surface area contributed by atoms with Gasteiger partial charge >= 0.3 is 0 Å². The number of halogens is 1. The monoisotopic (exact) mass is 253 g/mol. The third kappa shape index (κ3) is 4.07. The number of nitrogens with one attached hydrogen (secondary N) is 1. The van der Waals surface area contributed by atoms with Crippen molar-refractivity contribution in [3.63, 3.8) is 0 Å². The van der Waals surface area contributed by atoms with E-state index < -0.39 is 0 Å². The van der Waals surface area contributed by atoms with Crippen molar-refractivity contribution in [2.75, 3.05) is 11.2 Å². The number of aryl methyl sites for hydroxylation is 1. The number of amidine groups is 1. The first kappa shape index (κ1) is 13.5. The van der Waals surface area contributed by atoms with E-state index in [1.807, 2.05) is 25.1 Å². The minimum Gasteiger partial charge on any atom is -0.386 e. The predicted octanol–water partition coefficient (Wildman–Crippen LogP) is 2.57. The summed E-state index contributed by atoms with van der Waals surface area (Å²) in [6, 6.07) is 5.56. The molecule has 1 rings (SSSR count). The molecule has 3 N–H and O–H groups in total. The van der Waals surface area contributed by atoms with Crippen LogP contribution in [0.3, 0.4) is 0 Å². The van der Waals surface area contributed by atoms with Crippen LogP contribution in [0.25, 0.3) is 0 Å². The van der Waals surface area contributed by atoms with Crippen LogP contribution in [0.2, 0.25) is 0 Å². The molecule has 0 radical (unpaired) electrons. The predicted molar refractivity (Wildman–Crippen MR) is 72.1 cm³/mol. The zero-order valence-electron chi connectivity index (χ0n) is 9.96. The third-order valence-electron chi connectivity index (χ3n) is 2.15. The summed E-state index contributed by atoms with van der Waals surface area (Å²) in [4.78, 5) is 15.5. The number of alkyl halides is 1. The van der Waals surface area contributed by atoms with Gasteiger partial charge in [0.25, 0.3) is 0 Å². The Hall–Kier alpha value is -1.55. The van der Waals surface area contributed by atoms with Crippen LogP contribution in [0.1, 0.15) is 18.9 Å². The molecular formula is C12H16ClN3O. The number of rotatable bonds is 4. The number of aliphatic imine (C=N–C) groups is 1. The summed E-state index contributed by atoms with van der Waals surface area (Å²) in [5.41, 5.74) is 7.91. The summed E-state index contributed by atoms with van der Waals surface area (Å²) in [7, 11) is 0. The Bertz CT molecular complexity index is 443. The molecule has 0 unspecified atom stereocenters. The van der Waals surface area contributed by atoms with Crippen LogP contribution in [-0.4, -0.2) is 17.6 Å². The molecule has 92 valence electrons. The highest BCUT2D eigenvalue weighted by atomic mass is 35.5. The Labute approximate surface area is 106 Å². The molecule has 0 aliphatic rings. The van der Waals surface area contributed by atoms with Gasteiger partial charge in [0.2, 0.25) is 5.91 Å². The van der Waals surface area contributed by atoms with Crippen molar-refractivity contribution < 1.29 is 4.79 Å². The number of carbonyl (C=O) groups is 1. The topological polar surface area (TPSA) is 67.5 Å². The molecule has 0 aromatic heterocycles. The maximum absolute atomic E-state index is 11.4. The number of benzene rings is 1. The molecule has 4 nitrogen and oxygen atoms in total. The quantitative estimate of drug-likeness (QED) is 0.492. The minimum atomic E-state index is -0.0604. The summed E-state index contributed by atoms with van der Waals surface area (Å²) in [5, 5.41) is 2.77. The van der Waals surface area contributed by atoms with Crippen LogP contribution in [0.5, 0.6) is 0 Å². The summed E-state index contributed by atoms with van der Waals surface area (Å²) in [5.74, 6) is 0.425. The number of hydrogen-bond acceptors (Lipinski definition) is 2. The highest BCUT2D eigenvalue weighted by Gasteiger charge is 2.05. The van der Waals surface area contributed by atoms with Gasteiger partial charge in [0.1, 0.15) is 5.84 Å². The smallest absolute Gasteiger partial charge is 0.224 e. The van der Waals surface area contributed by atoms with E-state index in [4.69, 9.17) is 17.3 Å². The number of anilines is 1. The Balaban J connectivity index is 3.08. The fourth-order valence-corrected chi connectivity index (χ4v) is 1.32. The lowest BCUT2D eigenvalue weighted by Crippen LogP contribution is -2.13. The van der Waals surface area contributed by atoms with Crippen LogP contribution in [0, 0.1) is 6.92 Å².